The summed E-state index contributed by atoms with van der Waals surface area (Å²) in [5.74, 6) is -2.97. The molecule has 2 aromatic rings. The SMILES string of the molecule is O=C(CSc1ccc(F)c(F)c1)NC(=O)c1ccccc1. The minimum Gasteiger partial charge on any atom is -0.292 e. The van der Waals surface area contributed by atoms with Gasteiger partial charge in [0.25, 0.3) is 5.91 Å². The number of nitrogens with one attached hydrogen (secondary N) is 1. The summed E-state index contributed by atoms with van der Waals surface area (Å²) in [4.78, 5) is 23.8. The Bertz CT molecular complexity index is 662. The summed E-state index contributed by atoms with van der Waals surface area (Å²) >= 11 is 1.02. The smallest absolute Gasteiger partial charge is 0.257 e. The highest BCUT2D eigenvalue weighted by atomic mass is 32.2. The van der Waals surface area contributed by atoms with Crippen molar-refractivity contribution in [3.05, 3.63) is 65.7 Å². The van der Waals surface area contributed by atoms with E-state index >= 15 is 0 Å². The molecule has 0 heterocycles. The van der Waals surface area contributed by atoms with E-state index in [1.807, 2.05) is 0 Å². The highest BCUT2D eigenvalue weighted by Gasteiger charge is 2.11. The fourth-order valence-corrected chi connectivity index (χ4v) is 2.26. The maximum Gasteiger partial charge on any atom is 0.257 e. The van der Waals surface area contributed by atoms with Gasteiger partial charge in [-0.05, 0) is 30.3 Å². The second-order valence-corrected chi connectivity index (χ2v) is 5.16. The van der Waals surface area contributed by atoms with E-state index in [0.717, 1.165) is 23.9 Å². The number of imide groups is 1. The lowest BCUT2D eigenvalue weighted by molar-refractivity contribution is -0.117. The third kappa shape index (κ3) is 4.39. The molecule has 3 nitrogen and oxygen atoms in total. The van der Waals surface area contributed by atoms with Crippen molar-refractivity contribution in [1.82, 2.24) is 5.32 Å². The van der Waals surface area contributed by atoms with E-state index in [1.54, 1.807) is 30.3 Å². The van der Waals surface area contributed by atoms with Gasteiger partial charge in [0.1, 0.15) is 0 Å². The molecule has 0 saturated carbocycles. The lowest BCUT2D eigenvalue weighted by Crippen LogP contribution is -2.31. The number of benzene rings is 2. The van der Waals surface area contributed by atoms with Crippen molar-refractivity contribution in [3.63, 3.8) is 0 Å². The standard InChI is InChI=1S/C15H11F2NO2S/c16-12-7-6-11(8-13(12)17)21-9-14(19)18-15(20)10-4-2-1-3-5-10/h1-8H,9H2,(H,18,19,20). The van der Waals surface area contributed by atoms with Crippen molar-refractivity contribution in [1.29, 1.82) is 0 Å². The van der Waals surface area contributed by atoms with Crippen molar-refractivity contribution in [2.75, 3.05) is 5.75 Å². The molecule has 2 aromatic carbocycles. The number of rotatable bonds is 4. The Hall–Kier alpha value is -2.21. The van der Waals surface area contributed by atoms with E-state index < -0.39 is 23.4 Å². The molecule has 0 aliphatic rings. The van der Waals surface area contributed by atoms with Gasteiger partial charge < -0.3 is 0 Å². The molecule has 2 rings (SSSR count). The van der Waals surface area contributed by atoms with E-state index in [1.165, 1.54) is 6.07 Å². The lowest BCUT2D eigenvalue weighted by atomic mass is 10.2. The first kappa shape index (κ1) is 15.2. The number of thioether (sulfide) groups is 1. The molecule has 0 unspecified atom stereocenters. The number of amides is 2. The molecule has 0 fully saturated rings. The second kappa shape index (κ2) is 6.99. The molecular weight excluding hydrogens is 296 g/mol. The monoisotopic (exact) mass is 307 g/mol. The summed E-state index contributed by atoms with van der Waals surface area (Å²) in [6, 6.07) is 11.7. The Morgan fingerprint density at radius 3 is 2.38 bits per heavy atom. The molecule has 6 heteroatoms. The van der Waals surface area contributed by atoms with Gasteiger partial charge in [-0.1, -0.05) is 18.2 Å². The van der Waals surface area contributed by atoms with Crippen LogP contribution in [0.5, 0.6) is 0 Å². The van der Waals surface area contributed by atoms with E-state index in [-0.39, 0.29) is 5.75 Å². The topological polar surface area (TPSA) is 46.2 Å². The summed E-state index contributed by atoms with van der Waals surface area (Å²) in [5.41, 5.74) is 0.378. The molecule has 21 heavy (non-hydrogen) atoms. The molecule has 0 aliphatic heterocycles. The van der Waals surface area contributed by atoms with Crippen LogP contribution in [0.15, 0.2) is 53.4 Å². The fraction of sp³-hybridized carbons (Fsp3) is 0.0667. The lowest BCUT2D eigenvalue weighted by Gasteiger charge is -2.04. The Labute approximate surface area is 124 Å². The quantitative estimate of drug-likeness (QED) is 0.883. The van der Waals surface area contributed by atoms with Crippen LogP contribution in [0.3, 0.4) is 0 Å². The van der Waals surface area contributed by atoms with E-state index in [9.17, 15) is 18.4 Å². The highest BCUT2D eigenvalue weighted by molar-refractivity contribution is 8.00. The fourth-order valence-electron chi connectivity index (χ4n) is 1.54. The Kier molecular flexibility index (Phi) is 5.05. The van der Waals surface area contributed by atoms with E-state index in [0.29, 0.717) is 10.5 Å². The van der Waals surface area contributed by atoms with Crippen LogP contribution in [0.25, 0.3) is 0 Å². The minimum absolute atomic E-state index is 0.0658. The van der Waals surface area contributed by atoms with Gasteiger partial charge in [-0.15, -0.1) is 11.8 Å². The van der Waals surface area contributed by atoms with Gasteiger partial charge in [-0.3, -0.25) is 14.9 Å². The van der Waals surface area contributed by atoms with Crippen LogP contribution >= 0.6 is 11.8 Å². The number of halogens is 2. The van der Waals surface area contributed by atoms with Gasteiger partial charge in [0.15, 0.2) is 11.6 Å². The first-order chi connectivity index (χ1) is 10.1. The van der Waals surface area contributed by atoms with Crippen LogP contribution in [-0.2, 0) is 4.79 Å². The van der Waals surface area contributed by atoms with Gasteiger partial charge in [0, 0.05) is 10.5 Å². The molecule has 0 saturated heterocycles. The maximum absolute atomic E-state index is 13.0. The minimum atomic E-state index is -0.972. The first-order valence-corrected chi connectivity index (χ1v) is 7.02. The van der Waals surface area contributed by atoms with Gasteiger partial charge in [0.05, 0.1) is 5.75 Å². The Morgan fingerprint density at radius 1 is 1.00 bits per heavy atom. The summed E-state index contributed by atoms with van der Waals surface area (Å²) < 4.78 is 25.7. The Morgan fingerprint density at radius 2 is 1.71 bits per heavy atom. The normalized spacial score (nSPS) is 10.2. The number of carbonyl (C=O) groups is 2. The summed E-state index contributed by atoms with van der Waals surface area (Å²) in [7, 11) is 0. The largest absolute Gasteiger partial charge is 0.292 e. The molecule has 2 amide bonds. The van der Waals surface area contributed by atoms with Crippen LogP contribution < -0.4 is 5.32 Å². The first-order valence-electron chi connectivity index (χ1n) is 6.03. The van der Waals surface area contributed by atoms with Gasteiger partial charge in [-0.25, -0.2) is 8.78 Å². The summed E-state index contributed by atoms with van der Waals surface area (Å²) in [5, 5.41) is 2.23. The van der Waals surface area contributed by atoms with E-state index in [2.05, 4.69) is 5.32 Å². The zero-order valence-electron chi connectivity index (χ0n) is 10.8. The van der Waals surface area contributed by atoms with Gasteiger partial charge in [0.2, 0.25) is 5.91 Å². The Balaban J connectivity index is 1.87. The zero-order chi connectivity index (χ0) is 15.2. The van der Waals surface area contributed by atoms with Crippen molar-refractivity contribution in [2.24, 2.45) is 0 Å². The molecule has 0 aliphatic carbocycles. The van der Waals surface area contributed by atoms with Crippen molar-refractivity contribution in [2.45, 2.75) is 4.90 Å². The van der Waals surface area contributed by atoms with Crippen LogP contribution in [0.4, 0.5) is 8.78 Å². The average molecular weight is 307 g/mol. The molecule has 0 atom stereocenters. The van der Waals surface area contributed by atoms with Gasteiger partial charge >= 0.3 is 0 Å². The predicted octanol–water partition coefficient (Wildman–Crippen LogP) is 3.01. The average Bonchev–Trinajstić information content (AvgIpc) is 2.49. The van der Waals surface area contributed by atoms with Crippen LogP contribution in [0.2, 0.25) is 0 Å². The zero-order valence-corrected chi connectivity index (χ0v) is 11.6. The predicted molar refractivity (Wildman–Crippen MR) is 76.0 cm³/mol. The van der Waals surface area contributed by atoms with Crippen LogP contribution in [-0.4, -0.2) is 17.6 Å². The molecule has 0 aromatic heterocycles. The third-order valence-electron chi connectivity index (χ3n) is 2.55. The number of hydrogen-bond acceptors (Lipinski definition) is 3. The van der Waals surface area contributed by atoms with Crippen molar-refractivity contribution in [3.8, 4) is 0 Å². The van der Waals surface area contributed by atoms with Crippen molar-refractivity contribution >= 4 is 23.6 Å². The highest BCUT2D eigenvalue weighted by Crippen LogP contribution is 2.20. The maximum atomic E-state index is 13.0. The number of carbonyl (C=O) groups excluding carboxylic acids is 2. The second-order valence-electron chi connectivity index (χ2n) is 4.11. The van der Waals surface area contributed by atoms with Gasteiger partial charge in [-0.2, -0.15) is 0 Å². The third-order valence-corrected chi connectivity index (χ3v) is 3.54. The molecule has 0 bridgehead atoms. The molecular formula is C15H11F2NO2S. The van der Waals surface area contributed by atoms with Crippen LogP contribution in [0.1, 0.15) is 10.4 Å². The summed E-state index contributed by atoms with van der Waals surface area (Å²) in [6.07, 6.45) is 0. The molecule has 0 radical (unpaired) electrons. The molecule has 1 N–H and O–H groups in total. The number of hydrogen-bond donors (Lipinski definition) is 1. The summed E-state index contributed by atoms with van der Waals surface area (Å²) in [6.45, 7) is 0. The molecule has 0 spiro atoms. The molecule has 108 valence electrons. The van der Waals surface area contributed by atoms with E-state index in [4.69, 9.17) is 0 Å². The van der Waals surface area contributed by atoms with Crippen LogP contribution in [0, 0.1) is 11.6 Å². The van der Waals surface area contributed by atoms with Crippen molar-refractivity contribution < 1.29 is 18.4 Å².